The molecule has 27 heavy (non-hydrogen) atoms. The molecule has 1 aliphatic heterocycles. The molecule has 2 rings (SSSR count). The van der Waals surface area contributed by atoms with Gasteiger partial charge in [0.15, 0.2) is 5.78 Å². The fraction of sp³-hybridized carbons (Fsp3) is 0.500. The van der Waals surface area contributed by atoms with E-state index in [1.54, 1.807) is 0 Å². The number of carbonyl (C=O) groups excluding carboxylic acids is 2. The molecule has 1 aromatic carbocycles. The Labute approximate surface area is 158 Å². The molecule has 1 N–H and O–H groups in total. The van der Waals surface area contributed by atoms with Crippen LogP contribution in [0.25, 0.3) is 0 Å². The first-order valence-corrected chi connectivity index (χ1v) is 7.91. The summed E-state index contributed by atoms with van der Waals surface area (Å²) in [6.45, 7) is 3.24. The van der Waals surface area contributed by atoms with Gasteiger partial charge in [-0.3, -0.25) is 9.69 Å². The SMILES string of the molecule is CC(C)N(CC(=O)[C@@H]1CCCN1)C(=O)Oc1c(F)c(F)c(F)c(F)c1F.Cl. The van der Waals surface area contributed by atoms with Crippen molar-refractivity contribution < 1.29 is 36.3 Å². The Hall–Kier alpha value is -1.94. The summed E-state index contributed by atoms with van der Waals surface area (Å²) in [5, 5.41) is 2.94. The number of carbonyl (C=O) groups is 2. The van der Waals surface area contributed by atoms with E-state index in [-0.39, 0.29) is 18.2 Å². The van der Waals surface area contributed by atoms with Crippen LogP contribution in [0.4, 0.5) is 26.7 Å². The van der Waals surface area contributed by atoms with Gasteiger partial charge in [-0.05, 0) is 33.2 Å². The Morgan fingerprint density at radius 3 is 2.04 bits per heavy atom. The highest BCUT2D eigenvalue weighted by Crippen LogP contribution is 2.29. The number of benzene rings is 1. The van der Waals surface area contributed by atoms with E-state index in [0.29, 0.717) is 13.0 Å². The van der Waals surface area contributed by atoms with Gasteiger partial charge in [-0.25, -0.2) is 18.0 Å². The molecule has 5 nitrogen and oxygen atoms in total. The van der Waals surface area contributed by atoms with Gasteiger partial charge in [0.25, 0.3) is 0 Å². The summed E-state index contributed by atoms with van der Waals surface area (Å²) in [6.07, 6.45) is -0.0283. The van der Waals surface area contributed by atoms with E-state index in [0.717, 1.165) is 11.3 Å². The van der Waals surface area contributed by atoms with Crippen LogP contribution in [0.15, 0.2) is 0 Å². The van der Waals surface area contributed by atoms with Gasteiger partial charge in [0.2, 0.25) is 34.8 Å². The molecule has 0 aliphatic carbocycles. The second-order valence-electron chi connectivity index (χ2n) is 6.10. The third-order valence-corrected chi connectivity index (χ3v) is 3.99. The lowest BCUT2D eigenvalue weighted by Gasteiger charge is -2.26. The van der Waals surface area contributed by atoms with Gasteiger partial charge in [0.05, 0.1) is 12.6 Å². The zero-order valence-corrected chi connectivity index (χ0v) is 15.3. The van der Waals surface area contributed by atoms with Crippen LogP contribution < -0.4 is 10.1 Å². The summed E-state index contributed by atoms with van der Waals surface area (Å²) in [7, 11) is 0. The molecule has 11 heteroatoms. The average Bonchev–Trinajstić information content (AvgIpc) is 3.14. The first-order valence-electron chi connectivity index (χ1n) is 7.91. The number of ketones is 1. The van der Waals surface area contributed by atoms with Gasteiger partial charge in [-0.15, -0.1) is 12.4 Å². The maximum atomic E-state index is 13.6. The number of hydrogen-bond acceptors (Lipinski definition) is 4. The van der Waals surface area contributed by atoms with Crippen LogP contribution >= 0.6 is 12.4 Å². The van der Waals surface area contributed by atoms with Crippen molar-refractivity contribution in [3.63, 3.8) is 0 Å². The Morgan fingerprint density at radius 1 is 1.07 bits per heavy atom. The second-order valence-corrected chi connectivity index (χ2v) is 6.10. The van der Waals surface area contributed by atoms with Crippen molar-refractivity contribution in [2.24, 2.45) is 0 Å². The van der Waals surface area contributed by atoms with Gasteiger partial charge in [0, 0.05) is 6.04 Å². The summed E-state index contributed by atoms with van der Waals surface area (Å²) in [5.41, 5.74) is 0. The van der Waals surface area contributed by atoms with Crippen molar-refractivity contribution in [3.05, 3.63) is 29.1 Å². The highest BCUT2D eigenvalue weighted by molar-refractivity contribution is 5.89. The molecule has 1 fully saturated rings. The van der Waals surface area contributed by atoms with Crippen LogP contribution in [0.2, 0.25) is 0 Å². The Kier molecular flexibility index (Phi) is 7.97. The highest BCUT2D eigenvalue weighted by atomic mass is 35.5. The molecule has 1 aromatic rings. The lowest BCUT2D eigenvalue weighted by atomic mass is 10.1. The fourth-order valence-electron chi connectivity index (χ4n) is 2.52. The molecule has 152 valence electrons. The van der Waals surface area contributed by atoms with E-state index in [1.165, 1.54) is 13.8 Å². The molecule has 0 saturated carbocycles. The minimum absolute atomic E-state index is 0. The van der Waals surface area contributed by atoms with E-state index >= 15 is 0 Å². The van der Waals surface area contributed by atoms with Crippen LogP contribution in [0.5, 0.6) is 5.75 Å². The van der Waals surface area contributed by atoms with E-state index < -0.39 is 59.6 Å². The van der Waals surface area contributed by atoms with Crippen LogP contribution in [-0.2, 0) is 4.79 Å². The van der Waals surface area contributed by atoms with Crippen molar-refractivity contribution in [2.75, 3.05) is 13.1 Å². The van der Waals surface area contributed by atoms with E-state index in [1.807, 2.05) is 0 Å². The molecule has 0 radical (unpaired) electrons. The molecule has 1 aliphatic rings. The van der Waals surface area contributed by atoms with E-state index in [4.69, 9.17) is 0 Å². The van der Waals surface area contributed by atoms with Crippen molar-refractivity contribution >= 4 is 24.3 Å². The molecule has 0 spiro atoms. The smallest absolute Gasteiger partial charge is 0.404 e. The third-order valence-electron chi connectivity index (χ3n) is 3.99. The maximum Gasteiger partial charge on any atom is 0.416 e. The lowest BCUT2D eigenvalue weighted by molar-refractivity contribution is -0.121. The molecule has 1 atom stereocenters. The van der Waals surface area contributed by atoms with Crippen LogP contribution in [0.3, 0.4) is 0 Å². The normalized spacial score (nSPS) is 16.2. The molecule has 1 amide bonds. The van der Waals surface area contributed by atoms with Crippen molar-refractivity contribution in [3.8, 4) is 5.75 Å². The van der Waals surface area contributed by atoms with E-state index in [9.17, 15) is 31.5 Å². The van der Waals surface area contributed by atoms with Gasteiger partial charge >= 0.3 is 6.09 Å². The first-order chi connectivity index (χ1) is 12.1. The summed E-state index contributed by atoms with van der Waals surface area (Å²) < 4.78 is 71.1. The topological polar surface area (TPSA) is 58.6 Å². The molecule has 1 heterocycles. The standard InChI is InChI=1S/C16H17F5N2O3.ClH/c1-7(2)23(6-9(24)8-4-3-5-22-8)16(25)26-15-13(20)11(18)10(17)12(19)14(15)21;/h7-8,22H,3-6H2,1-2H3;1H/t8-;/m0./s1. The van der Waals surface area contributed by atoms with Gasteiger partial charge in [-0.1, -0.05) is 0 Å². The van der Waals surface area contributed by atoms with E-state index in [2.05, 4.69) is 10.1 Å². The monoisotopic (exact) mass is 416 g/mol. The Morgan fingerprint density at radius 2 is 1.59 bits per heavy atom. The molecular weight excluding hydrogens is 399 g/mol. The number of nitrogens with one attached hydrogen (secondary N) is 1. The summed E-state index contributed by atoms with van der Waals surface area (Å²) in [6, 6.07) is -1.08. The summed E-state index contributed by atoms with van der Waals surface area (Å²) in [5.74, 6) is -13.4. The van der Waals surface area contributed by atoms with Crippen molar-refractivity contribution in [1.29, 1.82) is 0 Å². The fourth-order valence-corrected chi connectivity index (χ4v) is 2.52. The van der Waals surface area contributed by atoms with Gasteiger partial charge in [-0.2, -0.15) is 8.78 Å². The lowest BCUT2D eigenvalue weighted by Crippen LogP contribution is -2.46. The number of halogens is 6. The minimum Gasteiger partial charge on any atom is -0.404 e. The molecule has 1 saturated heterocycles. The highest BCUT2D eigenvalue weighted by Gasteiger charge is 2.32. The maximum absolute atomic E-state index is 13.6. The van der Waals surface area contributed by atoms with Crippen molar-refractivity contribution in [1.82, 2.24) is 10.2 Å². The predicted octanol–water partition coefficient (Wildman–Crippen LogP) is 3.33. The Balaban J connectivity index is 0.00000364. The van der Waals surface area contributed by atoms with Crippen LogP contribution in [0.1, 0.15) is 26.7 Å². The van der Waals surface area contributed by atoms with Crippen LogP contribution in [-0.4, -0.2) is 41.9 Å². The third kappa shape index (κ3) is 4.86. The zero-order chi connectivity index (χ0) is 19.6. The first kappa shape index (κ1) is 23.1. The van der Waals surface area contributed by atoms with Gasteiger partial charge < -0.3 is 10.1 Å². The van der Waals surface area contributed by atoms with Gasteiger partial charge in [0.1, 0.15) is 0 Å². The summed E-state index contributed by atoms with van der Waals surface area (Å²) >= 11 is 0. The minimum atomic E-state index is -2.36. The second kappa shape index (κ2) is 9.32. The molecule has 0 aromatic heterocycles. The number of nitrogens with zero attached hydrogens (tertiary/aromatic N) is 1. The Bertz CT molecular complexity index is 697. The number of rotatable bonds is 5. The quantitative estimate of drug-likeness (QED) is 0.454. The predicted molar refractivity (Wildman–Crippen MR) is 87.4 cm³/mol. The molecular formula is C16H18ClF5N2O3. The number of amides is 1. The summed E-state index contributed by atoms with van der Waals surface area (Å²) in [4.78, 5) is 25.2. The molecule has 0 bridgehead atoms. The van der Waals surface area contributed by atoms with Crippen molar-refractivity contribution in [2.45, 2.75) is 38.8 Å². The average molecular weight is 417 g/mol. The number of hydrogen-bond donors (Lipinski definition) is 1. The molecule has 0 unspecified atom stereocenters. The number of Topliss-reactive ketones (excluding diaryl/α,β-unsaturated/α-hetero) is 1. The largest absolute Gasteiger partial charge is 0.416 e. The van der Waals surface area contributed by atoms with Crippen LogP contribution in [0, 0.1) is 29.1 Å². The zero-order valence-electron chi connectivity index (χ0n) is 14.5. The number of ether oxygens (including phenoxy) is 1.